The van der Waals surface area contributed by atoms with Crippen LogP contribution < -0.4 is 5.32 Å². The van der Waals surface area contributed by atoms with Crippen LogP contribution in [0.4, 0.5) is 0 Å². The van der Waals surface area contributed by atoms with Gasteiger partial charge < -0.3 is 20.3 Å². The lowest BCUT2D eigenvalue weighted by molar-refractivity contribution is -0.202. The molecule has 0 aromatic rings. The van der Waals surface area contributed by atoms with Crippen LogP contribution >= 0.6 is 0 Å². The molecule has 1 saturated heterocycles. The summed E-state index contributed by atoms with van der Waals surface area (Å²) in [6.07, 6.45) is -1.11. The average molecular weight is 231 g/mol. The Morgan fingerprint density at radius 2 is 2.06 bits per heavy atom. The van der Waals surface area contributed by atoms with E-state index in [9.17, 15) is 9.90 Å². The lowest BCUT2D eigenvalue weighted by Crippen LogP contribution is -2.65. The van der Waals surface area contributed by atoms with Crippen LogP contribution in [0.3, 0.4) is 0 Å². The lowest BCUT2D eigenvalue weighted by Gasteiger charge is -2.48. The Labute approximate surface area is 95.8 Å². The summed E-state index contributed by atoms with van der Waals surface area (Å²) in [6.45, 7) is 6.67. The summed E-state index contributed by atoms with van der Waals surface area (Å²) in [6, 6.07) is -0.456. The van der Waals surface area contributed by atoms with Gasteiger partial charge in [-0.05, 0) is 13.8 Å². The number of hydrogen-bond donors (Lipinski definition) is 3. The standard InChI is InChI=1S/C11H21NO4/c1-6-8(5-13)16-11(3,4)10(9(6)15)12-7(2)14/h6,8-10,13,15H,5H2,1-4H3,(H,12,14)/t6-,8?,9?,10?/m1/s1. The van der Waals surface area contributed by atoms with Gasteiger partial charge in [0.15, 0.2) is 0 Å². The first-order valence-corrected chi connectivity index (χ1v) is 5.53. The summed E-state index contributed by atoms with van der Waals surface area (Å²) in [4.78, 5) is 11.1. The molecular weight excluding hydrogens is 210 g/mol. The Morgan fingerprint density at radius 1 is 1.50 bits per heavy atom. The van der Waals surface area contributed by atoms with Crippen LogP contribution in [0.1, 0.15) is 27.7 Å². The minimum atomic E-state index is -0.718. The molecule has 1 rings (SSSR count). The highest BCUT2D eigenvalue weighted by molar-refractivity contribution is 5.73. The van der Waals surface area contributed by atoms with E-state index in [-0.39, 0.29) is 18.4 Å². The maximum atomic E-state index is 11.1. The summed E-state index contributed by atoms with van der Waals surface area (Å²) >= 11 is 0. The zero-order valence-electron chi connectivity index (χ0n) is 10.2. The Bertz CT molecular complexity index is 267. The summed E-state index contributed by atoms with van der Waals surface area (Å²) in [5.74, 6) is -0.412. The Kier molecular flexibility index (Phi) is 3.93. The van der Waals surface area contributed by atoms with E-state index in [1.807, 2.05) is 0 Å². The molecule has 0 spiro atoms. The molecule has 16 heavy (non-hydrogen) atoms. The van der Waals surface area contributed by atoms with Crippen molar-refractivity contribution in [1.29, 1.82) is 0 Å². The largest absolute Gasteiger partial charge is 0.394 e. The first kappa shape index (κ1) is 13.4. The molecule has 5 heteroatoms. The minimum Gasteiger partial charge on any atom is -0.394 e. The highest BCUT2D eigenvalue weighted by Crippen LogP contribution is 2.32. The third-order valence-corrected chi connectivity index (χ3v) is 3.21. The Hall–Kier alpha value is -0.650. The molecule has 1 heterocycles. The van der Waals surface area contributed by atoms with E-state index in [2.05, 4.69) is 5.32 Å². The van der Waals surface area contributed by atoms with Crippen LogP contribution in [-0.4, -0.2) is 46.6 Å². The molecule has 4 atom stereocenters. The third kappa shape index (κ3) is 2.53. The van der Waals surface area contributed by atoms with Crippen molar-refractivity contribution in [3.8, 4) is 0 Å². The smallest absolute Gasteiger partial charge is 0.217 e. The lowest BCUT2D eigenvalue weighted by atomic mass is 9.81. The SMILES string of the molecule is CC(=O)NC1C(O)[C@H](C)C(CO)OC1(C)C. The minimum absolute atomic E-state index is 0.131. The molecule has 3 N–H and O–H groups in total. The van der Waals surface area contributed by atoms with Crippen molar-refractivity contribution in [1.82, 2.24) is 5.32 Å². The predicted molar refractivity (Wildman–Crippen MR) is 58.8 cm³/mol. The van der Waals surface area contributed by atoms with Crippen molar-refractivity contribution in [2.75, 3.05) is 6.61 Å². The molecule has 0 radical (unpaired) electrons. The molecule has 3 unspecified atom stereocenters. The van der Waals surface area contributed by atoms with Gasteiger partial charge in [-0.15, -0.1) is 0 Å². The normalized spacial score (nSPS) is 38.1. The zero-order valence-corrected chi connectivity index (χ0v) is 10.2. The molecule has 1 amide bonds. The molecule has 1 fully saturated rings. The van der Waals surface area contributed by atoms with Crippen LogP contribution in [0.15, 0.2) is 0 Å². The van der Waals surface area contributed by atoms with Gasteiger partial charge in [-0.25, -0.2) is 0 Å². The van der Waals surface area contributed by atoms with Crippen molar-refractivity contribution in [3.05, 3.63) is 0 Å². The molecule has 1 aliphatic rings. The van der Waals surface area contributed by atoms with Crippen molar-refractivity contribution in [2.24, 2.45) is 5.92 Å². The van der Waals surface area contributed by atoms with E-state index in [0.29, 0.717) is 0 Å². The van der Waals surface area contributed by atoms with Crippen LogP contribution in [0, 0.1) is 5.92 Å². The second-order valence-electron chi connectivity index (χ2n) is 4.97. The van der Waals surface area contributed by atoms with Crippen molar-refractivity contribution >= 4 is 5.91 Å². The molecule has 5 nitrogen and oxygen atoms in total. The topological polar surface area (TPSA) is 78.8 Å². The second kappa shape index (κ2) is 4.69. The number of aliphatic hydroxyl groups is 2. The van der Waals surface area contributed by atoms with Crippen LogP contribution in [0.5, 0.6) is 0 Å². The third-order valence-electron chi connectivity index (χ3n) is 3.21. The number of hydrogen-bond acceptors (Lipinski definition) is 4. The fourth-order valence-corrected chi connectivity index (χ4v) is 2.19. The number of carbonyl (C=O) groups excluding carboxylic acids is 1. The quantitative estimate of drug-likeness (QED) is 0.607. The highest BCUT2D eigenvalue weighted by atomic mass is 16.5. The number of amides is 1. The fourth-order valence-electron chi connectivity index (χ4n) is 2.19. The van der Waals surface area contributed by atoms with Crippen LogP contribution in [0.25, 0.3) is 0 Å². The maximum Gasteiger partial charge on any atom is 0.217 e. The van der Waals surface area contributed by atoms with Crippen molar-refractivity contribution < 1.29 is 19.7 Å². The first-order valence-electron chi connectivity index (χ1n) is 5.53. The van der Waals surface area contributed by atoms with Gasteiger partial charge >= 0.3 is 0 Å². The summed E-state index contributed by atoms with van der Waals surface area (Å²) in [5, 5.41) is 22.0. The van der Waals surface area contributed by atoms with Gasteiger partial charge in [0.1, 0.15) is 0 Å². The van der Waals surface area contributed by atoms with Crippen molar-refractivity contribution in [3.63, 3.8) is 0 Å². The van der Waals surface area contributed by atoms with Crippen LogP contribution in [-0.2, 0) is 9.53 Å². The predicted octanol–water partition coefficient (Wildman–Crippen LogP) is -0.342. The van der Waals surface area contributed by atoms with E-state index in [1.165, 1.54) is 6.92 Å². The van der Waals surface area contributed by atoms with E-state index >= 15 is 0 Å². The van der Waals surface area contributed by atoms with E-state index in [0.717, 1.165) is 0 Å². The van der Waals surface area contributed by atoms with Gasteiger partial charge in [0.2, 0.25) is 5.91 Å². The number of nitrogens with one attached hydrogen (secondary N) is 1. The summed E-state index contributed by atoms with van der Waals surface area (Å²) in [7, 11) is 0. The average Bonchev–Trinajstić information content (AvgIpc) is 2.18. The van der Waals surface area contributed by atoms with E-state index in [1.54, 1.807) is 20.8 Å². The molecule has 0 aromatic carbocycles. The van der Waals surface area contributed by atoms with Gasteiger partial charge in [0, 0.05) is 12.8 Å². The van der Waals surface area contributed by atoms with Crippen LogP contribution in [0.2, 0.25) is 0 Å². The molecular formula is C11H21NO4. The summed E-state index contributed by atoms with van der Waals surface area (Å²) < 4.78 is 5.69. The molecule has 94 valence electrons. The summed E-state index contributed by atoms with van der Waals surface area (Å²) in [5.41, 5.74) is -0.689. The van der Waals surface area contributed by atoms with Crippen molar-refractivity contribution in [2.45, 2.75) is 51.5 Å². The van der Waals surface area contributed by atoms with Gasteiger partial charge in [-0.2, -0.15) is 0 Å². The van der Waals surface area contributed by atoms with Gasteiger partial charge in [0.05, 0.1) is 30.5 Å². The zero-order chi connectivity index (χ0) is 12.5. The second-order valence-corrected chi connectivity index (χ2v) is 4.97. The Balaban J connectivity index is 2.87. The molecule has 0 saturated carbocycles. The van der Waals surface area contributed by atoms with E-state index in [4.69, 9.17) is 9.84 Å². The fraction of sp³-hybridized carbons (Fsp3) is 0.909. The van der Waals surface area contributed by atoms with Gasteiger partial charge in [-0.3, -0.25) is 4.79 Å². The number of ether oxygens (including phenoxy) is 1. The van der Waals surface area contributed by atoms with E-state index < -0.39 is 23.9 Å². The number of aliphatic hydroxyl groups excluding tert-OH is 2. The van der Waals surface area contributed by atoms with Gasteiger partial charge in [-0.1, -0.05) is 6.92 Å². The maximum absolute atomic E-state index is 11.1. The molecule has 0 aromatic heterocycles. The highest BCUT2D eigenvalue weighted by Gasteiger charge is 2.47. The Morgan fingerprint density at radius 3 is 2.50 bits per heavy atom. The number of rotatable bonds is 2. The van der Waals surface area contributed by atoms with Gasteiger partial charge in [0.25, 0.3) is 0 Å². The first-order chi connectivity index (χ1) is 7.29. The monoisotopic (exact) mass is 231 g/mol. The number of carbonyl (C=O) groups is 1. The molecule has 0 bridgehead atoms. The molecule has 0 aliphatic carbocycles. The molecule has 1 aliphatic heterocycles.